The number of aryl methyl sites for hydroxylation is 1. The SMILES string of the molecule is Nc1ccn(CCSCC(=O)N2CCCC2)n1. The molecule has 1 aromatic heterocycles. The van der Waals surface area contributed by atoms with Gasteiger partial charge in [-0.2, -0.15) is 16.9 Å². The molecule has 0 aromatic carbocycles. The minimum atomic E-state index is 0.271. The van der Waals surface area contributed by atoms with Crippen LogP contribution in [0, 0.1) is 0 Å². The summed E-state index contributed by atoms with van der Waals surface area (Å²) in [4.78, 5) is 13.7. The minimum absolute atomic E-state index is 0.271. The highest BCUT2D eigenvalue weighted by Gasteiger charge is 2.17. The fourth-order valence-electron chi connectivity index (χ4n) is 1.88. The number of hydrogen-bond donors (Lipinski definition) is 1. The zero-order valence-corrected chi connectivity index (χ0v) is 10.7. The molecule has 17 heavy (non-hydrogen) atoms. The van der Waals surface area contributed by atoms with Gasteiger partial charge in [-0.3, -0.25) is 9.48 Å². The predicted octanol–water partition coefficient (Wildman–Crippen LogP) is 0.821. The van der Waals surface area contributed by atoms with Crippen molar-refractivity contribution in [2.24, 2.45) is 0 Å². The van der Waals surface area contributed by atoms with Gasteiger partial charge in [-0.25, -0.2) is 0 Å². The average molecular weight is 254 g/mol. The molecule has 0 atom stereocenters. The molecule has 6 heteroatoms. The van der Waals surface area contributed by atoms with Crippen LogP contribution in [0.25, 0.3) is 0 Å². The molecule has 1 amide bonds. The van der Waals surface area contributed by atoms with Gasteiger partial charge in [0.1, 0.15) is 5.82 Å². The van der Waals surface area contributed by atoms with Gasteiger partial charge in [0.05, 0.1) is 12.3 Å². The van der Waals surface area contributed by atoms with Gasteiger partial charge in [-0.05, 0) is 18.9 Å². The molecule has 0 radical (unpaired) electrons. The van der Waals surface area contributed by atoms with E-state index in [4.69, 9.17) is 5.73 Å². The van der Waals surface area contributed by atoms with Gasteiger partial charge in [-0.15, -0.1) is 0 Å². The number of hydrogen-bond acceptors (Lipinski definition) is 4. The number of carbonyl (C=O) groups excluding carboxylic acids is 1. The number of nitrogens with two attached hydrogens (primary N) is 1. The minimum Gasteiger partial charge on any atom is -0.382 e. The van der Waals surface area contributed by atoms with Gasteiger partial charge in [0.2, 0.25) is 5.91 Å². The van der Waals surface area contributed by atoms with E-state index in [0.717, 1.165) is 38.2 Å². The van der Waals surface area contributed by atoms with Crippen molar-refractivity contribution in [1.29, 1.82) is 0 Å². The molecule has 1 aromatic rings. The number of aromatic nitrogens is 2. The third-order valence-electron chi connectivity index (χ3n) is 2.81. The van der Waals surface area contributed by atoms with Crippen LogP contribution in [0.5, 0.6) is 0 Å². The highest BCUT2D eigenvalue weighted by Crippen LogP contribution is 2.11. The van der Waals surface area contributed by atoms with Crippen LogP contribution in [0.1, 0.15) is 12.8 Å². The van der Waals surface area contributed by atoms with Crippen LogP contribution in [-0.4, -0.2) is 45.2 Å². The smallest absolute Gasteiger partial charge is 0.232 e. The molecule has 94 valence electrons. The lowest BCUT2D eigenvalue weighted by Gasteiger charge is -2.14. The molecule has 0 unspecified atom stereocenters. The van der Waals surface area contributed by atoms with Gasteiger partial charge in [0.25, 0.3) is 0 Å². The second-order valence-corrected chi connectivity index (χ2v) is 5.25. The van der Waals surface area contributed by atoms with E-state index < -0.39 is 0 Å². The van der Waals surface area contributed by atoms with E-state index >= 15 is 0 Å². The van der Waals surface area contributed by atoms with Crippen molar-refractivity contribution in [3.8, 4) is 0 Å². The highest BCUT2D eigenvalue weighted by atomic mass is 32.2. The van der Waals surface area contributed by atoms with Gasteiger partial charge in [0, 0.05) is 25.0 Å². The van der Waals surface area contributed by atoms with Crippen LogP contribution >= 0.6 is 11.8 Å². The summed E-state index contributed by atoms with van der Waals surface area (Å²) in [6.07, 6.45) is 4.17. The lowest BCUT2D eigenvalue weighted by molar-refractivity contribution is -0.127. The lowest BCUT2D eigenvalue weighted by atomic mass is 10.4. The number of thioether (sulfide) groups is 1. The van der Waals surface area contributed by atoms with Gasteiger partial charge in [-0.1, -0.05) is 0 Å². The van der Waals surface area contributed by atoms with Crippen LogP contribution in [0.4, 0.5) is 5.82 Å². The summed E-state index contributed by atoms with van der Waals surface area (Å²) < 4.78 is 1.81. The summed E-state index contributed by atoms with van der Waals surface area (Å²) in [7, 11) is 0. The maximum absolute atomic E-state index is 11.7. The van der Waals surface area contributed by atoms with E-state index in [9.17, 15) is 4.79 Å². The number of nitrogen functional groups attached to an aromatic ring is 1. The quantitative estimate of drug-likeness (QED) is 0.790. The monoisotopic (exact) mass is 254 g/mol. The molecule has 0 aliphatic carbocycles. The normalized spacial score (nSPS) is 15.4. The van der Waals surface area contributed by atoms with Crippen molar-refractivity contribution in [3.63, 3.8) is 0 Å². The van der Waals surface area contributed by atoms with E-state index in [2.05, 4.69) is 5.10 Å². The highest BCUT2D eigenvalue weighted by molar-refractivity contribution is 7.99. The Morgan fingerprint density at radius 3 is 2.88 bits per heavy atom. The first-order valence-electron chi connectivity index (χ1n) is 5.90. The molecule has 1 fully saturated rings. The number of nitrogens with zero attached hydrogens (tertiary/aromatic N) is 3. The third kappa shape index (κ3) is 3.66. The Bertz CT molecular complexity index is 373. The van der Waals surface area contributed by atoms with Crippen molar-refractivity contribution < 1.29 is 4.79 Å². The van der Waals surface area contributed by atoms with Gasteiger partial charge >= 0.3 is 0 Å². The largest absolute Gasteiger partial charge is 0.382 e. The maximum atomic E-state index is 11.7. The third-order valence-corrected chi connectivity index (χ3v) is 3.73. The first-order valence-corrected chi connectivity index (χ1v) is 7.05. The molecular weight excluding hydrogens is 236 g/mol. The molecule has 2 heterocycles. The van der Waals surface area contributed by atoms with Crippen LogP contribution in [0.2, 0.25) is 0 Å². The van der Waals surface area contributed by atoms with Crippen molar-refractivity contribution >= 4 is 23.5 Å². The summed E-state index contributed by atoms with van der Waals surface area (Å²) in [5.74, 6) is 2.29. The molecule has 5 nitrogen and oxygen atoms in total. The number of anilines is 1. The summed E-state index contributed by atoms with van der Waals surface area (Å²) in [5.41, 5.74) is 5.51. The second-order valence-electron chi connectivity index (χ2n) is 4.14. The molecule has 0 bridgehead atoms. The molecule has 1 aliphatic rings. The van der Waals surface area contributed by atoms with E-state index in [-0.39, 0.29) is 5.91 Å². The maximum Gasteiger partial charge on any atom is 0.232 e. The topological polar surface area (TPSA) is 64.2 Å². The molecule has 0 spiro atoms. The number of carbonyl (C=O) groups is 1. The zero-order chi connectivity index (χ0) is 12.1. The van der Waals surface area contributed by atoms with Gasteiger partial charge in [0.15, 0.2) is 0 Å². The molecular formula is C11H18N4OS. The van der Waals surface area contributed by atoms with E-state index in [0.29, 0.717) is 11.6 Å². The molecule has 2 N–H and O–H groups in total. The van der Waals surface area contributed by atoms with E-state index in [1.54, 1.807) is 17.8 Å². The van der Waals surface area contributed by atoms with Crippen molar-refractivity contribution in [1.82, 2.24) is 14.7 Å². The van der Waals surface area contributed by atoms with E-state index in [1.165, 1.54) is 0 Å². The summed E-state index contributed by atoms with van der Waals surface area (Å²) in [5, 5.41) is 4.09. The summed E-state index contributed by atoms with van der Waals surface area (Å²) in [6, 6.07) is 1.78. The predicted molar refractivity (Wildman–Crippen MR) is 69.8 cm³/mol. The van der Waals surface area contributed by atoms with Crippen LogP contribution in [0.15, 0.2) is 12.3 Å². The van der Waals surface area contributed by atoms with Crippen LogP contribution < -0.4 is 5.73 Å². The number of likely N-dealkylation sites (tertiary alicyclic amines) is 1. The summed E-state index contributed by atoms with van der Waals surface area (Å²) >= 11 is 1.66. The molecule has 1 aliphatic heterocycles. The average Bonchev–Trinajstić information content (AvgIpc) is 2.95. The standard InChI is InChI=1S/C11H18N4OS/c12-10-3-6-15(13-10)7-8-17-9-11(16)14-4-1-2-5-14/h3,6H,1-2,4-5,7-9H2,(H2,12,13). The number of amides is 1. The zero-order valence-electron chi connectivity index (χ0n) is 9.84. The Hall–Kier alpha value is -1.17. The Labute approximate surface area is 105 Å². The Balaban J connectivity index is 1.61. The second kappa shape index (κ2) is 5.95. The molecule has 0 saturated carbocycles. The fourth-order valence-corrected chi connectivity index (χ4v) is 2.69. The Kier molecular flexibility index (Phi) is 4.30. The van der Waals surface area contributed by atoms with E-state index in [1.807, 2.05) is 15.8 Å². The van der Waals surface area contributed by atoms with Crippen molar-refractivity contribution in [3.05, 3.63) is 12.3 Å². The molecule has 2 rings (SSSR count). The summed E-state index contributed by atoms with van der Waals surface area (Å²) in [6.45, 7) is 2.68. The Morgan fingerprint density at radius 2 is 2.24 bits per heavy atom. The first-order chi connectivity index (χ1) is 8.25. The molecule has 1 saturated heterocycles. The van der Waals surface area contributed by atoms with Crippen molar-refractivity contribution in [2.45, 2.75) is 19.4 Å². The fraction of sp³-hybridized carbons (Fsp3) is 0.636. The Morgan fingerprint density at radius 1 is 1.47 bits per heavy atom. The number of rotatable bonds is 5. The van der Waals surface area contributed by atoms with Gasteiger partial charge < -0.3 is 10.6 Å². The van der Waals surface area contributed by atoms with Crippen molar-refractivity contribution in [2.75, 3.05) is 30.3 Å². The lowest BCUT2D eigenvalue weighted by Crippen LogP contribution is -2.29. The first kappa shape index (κ1) is 12.3. The van der Waals surface area contributed by atoms with Crippen LogP contribution in [0.3, 0.4) is 0 Å². The van der Waals surface area contributed by atoms with Crippen LogP contribution in [-0.2, 0) is 11.3 Å².